The lowest BCUT2D eigenvalue weighted by molar-refractivity contribution is 0.834. The number of hydrogen-bond acceptors (Lipinski definition) is 3. The standard InChI is InChI=1S/C12H16N2S/c1-3-4-7-13-10-5-6-11-12(8-10)15-9(2)14-11/h5-6,8,13H,3-4,7H2,1-2H3. The molecule has 0 atom stereocenters. The molecule has 1 aromatic carbocycles. The molecule has 0 radical (unpaired) electrons. The van der Waals surface area contributed by atoms with Gasteiger partial charge in [-0.3, -0.25) is 0 Å². The molecule has 0 bridgehead atoms. The number of nitrogens with one attached hydrogen (secondary N) is 1. The molecule has 3 heteroatoms. The smallest absolute Gasteiger partial charge is 0.0907 e. The summed E-state index contributed by atoms with van der Waals surface area (Å²) in [4.78, 5) is 4.44. The largest absolute Gasteiger partial charge is 0.385 e. The van der Waals surface area contributed by atoms with Gasteiger partial charge in [0.1, 0.15) is 0 Å². The number of aromatic nitrogens is 1. The molecule has 0 unspecified atom stereocenters. The van der Waals surface area contributed by atoms with Crippen molar-refractivity contribution < 1.29 is 0 Å². The maximum absolute atomic E-state index is 4.44. The van der Waals surface area contributed by atoms with Gasteiger partial charge in [0.15, 0.2) is 0 Å². The van der Waals surface area contributed by atoms with Gasteiger partial charge in [0, 0.05) is 12.2 Å². The minimum absolute atomic E-state index is 1.06. The summed E-state index contributed by atoms with van der Waals surface area (Å²) in [7, 11) is 0. The molecule has 0 saturated carbocycles. The molecular weight excluding hydrogens is 204 g/mol. The molecule has 2 rings (SSSR count). The second kappa shape index (κ2) is 4.62. The lowest BCUT2D eigenvalue weighted by Crippen LogP contribution is -1.99. The molecule has 0 fully saturated rings. The van der Waals surface area contributed by atoms with E-state index < -0.39 is 0 Å². The zero-order chi connectivity index (χ0) is 10.7. The minimum atomic E-state index is 1.06. The Kier molecular flexibility index (Phi) is 3.21. The Morgan fingerprint density at radius 3 is 3.07 bits per heavy atom. The van der Waals surface area contributed by atoms with E-state index in [0.29, 0.717) is 0 Å². The summed E-state index contributed by atoms with van der Waals surface area (Å²) in [6, 6.07) is 6.39. The van der Waals surface area contributed by atoms with Crippen molar-refractivity contribution in [3.05, 3.63) is 23.2 Å². The Bertz CT molecular complexity index is 448. The Balaban J connectivity index is 2.15. The molecule has 2 aromatic rings. The van der Waals surface area contributed by atoms with Crippen LogP contribution < -0.4 is 5.32 Å². The SMILES string of the molecule is CCCCNc1ccc2nc(C)sc2c1. The van der Waals surface area contributed by atoms with E-state index in [9.17, 15) is 0 Å². The lowest BCUT2D eigenvalue weighted by Gasteiger charge is -2.04. The van der Waals surface area contributed by atoms with Crippen LogP contribution in [0.15, 0.2) is 18.2 Å². The van der Waals surface area contributed by atoms with Gasteiger partial charge < -0.3 is 5.32 Å². The van der Waals surface area contributed by atoms with E-state index in [1.165, 1.54) is 23.2 Å². The molecule has 0 saturated heterocycles. The van der Waals surface area contributed by atoms with E-state index >= 15 is 0 Å². The fourth-order valence-corrected chi connectivity index (χ4v) is 2.43. The monoisotopic (exact) mass is 220 g/mol. The van der Waals surface area contributed by atoms with E-state index in [-0.39, 0.29) is 0 Å². The van der Waals surface area contributed by atoms with Gasteiger partial charge >= 0.3 is 0 Å². The zero-order valence-corrected chi connectivity index (χ0v) is 10.0. The van der Waals surface area contributed by atoms with Crippen LogP contribution in [0, 0.1) is 6.92 Å². The first-order valence-electron chi connectivity index (χ1n) is 5.40. The average Bonchev–Trinajstić information content (AvgIpc) is 2.57. The third-order valence-electron chi connectivity index (χ3n) is 2.35. The number of nitrogens with zero attached hydrogens (tertiary/aromatic N) is 1. The number of benzene rings is 1. The fraction of sp³-hybridized carbons (Fsp3) is 0.417. The number of rotatable bonds is 4. The predicted molar refractivity (Wildman–Crippen MR) is 67.8 cm³/mol. The van der Waals surface area contributed by atoms with Crippen LogP contribution >= 0.6 is 11.3 Å². The fourth-order valence-electron chi connectivity index (χ4n) is 1.56. The maximum atomic E-state index is 4.44. The summed E-state index contributed by atoms with van der Waals surface area (Å²) in [5.74, 6) is 0. The normalized spacial score (nSPS) is 10.8. The van der Waals surface area contributed by atoms with E-state index in [2.05, 4.69) is 42.3 Å². The van der Waals surface area contributed by atoms with Crippen LogP contribution in [0.5, 0.6) is 0 Å². The van der Waals surface area contributed by atoms with Crippen molar-refractivity contribution in [1.29, 1.82) is 0 Å². The molecular formula is C12H16N2S. The summed E-state index contributed by atoms with van der Waals surface area (Å²) >= 11 is 1.75. The first kappa shape index (κ1) is 10.4. The van der Waals surface area contributed by atoms with Crippen molar-refractivity contribution in [2.45, 2.75) is 26.7 Å². The number of aryl methyl sites for hydroxylation is 1. The van der Waals surface area contributed by atoms with Crippen molar-refractivity contribution in [1.82, 2.24) is 4.98 Å². The highest BCUT2D eigenvalue weighted by Crippen LogP contribution is 2.24. The van der Waals surface area contributed by atoms with E-state index in [1.54, 1.807) is 11.3 Å². The van der Waals surface area contributed by atoms with Gasteiger partial charge in [-0.05, 0) is 31.5 Å². The van der Waals surface area contributed by atoms with Crippen molar-refractivity contribution in [3.63, 3.8) is 0 Å². The van der Waals surface area contributed by atoms with Crippen LogP contribution in [-0.4, -0.2) is 11.5 Å². The van der Waals surface area contributed by atoms with Gasteiger partial charge in [0.2, 0.25) is 0 Å². The topological polar surface area (TPSA) is 24.9 Å². The zero-order valence-electron chi connectivity index (χ0n) is 9.21. The third-order valence-corrected chi connectivity index (χ3v) is 3.29. The highest BCUT2D eigenvalue weighted by Gasteiger charge is 2.00. The highest BCUT2D eigenvalue weighted by atomic mass is 32.1. The van der Waals surface area contributed by atoms with Crippen molar-refractivity contribution in [2.75, 3.05) is 11.9 Å². The quantitative estimate of drug-likeness (QED) is 0.792. The molecule has 0 amide bonds. The molecule has 2 nitrogen and oxygen atoms in total. The molecule has 80 valence electrons. The van der Waals surface area contributed by atoms with Crippen LogP contribution in [0.2, 0.25) is 0 Å². The number of thiazole rings is 1. The van der Waals surface area contributed by atoms with E-state index in [1.807, 2.05) is 0 Å². The predicted octanol–water partition coefficient (Wildman–Crippen LogP) is 3.82. The third kappa shape index (κ3) is 2.48. The second-order valence-corrected chi connectivity index (χ2v) is 4.93. The van der Waals surface area contributed by atoms with Crippen molar-refractivity contribution in [3.8, 4) is 0 Å². The van der Waals surface area contributed by atoms with Crippen LogP contribution in [0.4, 0.5) is 5.69 Å². The summed E-state index contributed by atoms with van der Waals surface area (Å²) in [5.41, 5.74) is 2.32. The number of fused-ring (bicyclic) bond motifs is 1. The Morgan fingerprint density at radius 2 is 2.27 bits per heavy atom. The number of anilines is 1. The molecule has 1 heterocycles. The summed E-state index contributed by atoms with van der Waals surface area (Å²) in [6.45, 7) is 5.31. The van der Waals surface area contributed by atoms with Gasteiger partial charge in [-0.2, -0.15) is 0 Å². The summed E-state index contributed by atoms with van der Waals surface area (Å²) < 4.78 is 1.27. The number of hydrogen-bond donors (Lipinski definition) is 1. The van der Waals surface area contributed by atoms with Gasteiger partial charge in [0.25, 0.3) is 0 Å². The van der Waals surface area contributed by atoms with Gasteiger partial charge in [-0.15, -0.1) is 11.3 Å². The Hall–Kier alpha value is -1.09. The summed E-state index contributed by atoms with van der Waals surface area (Å²) in [6.07, 6.45) is 2.45. The molecule has 0 spiro atoms. The van der Waals surface area contributed by atoms with E-state index in [0.717, 1.165) is 17.1 Å². The number of unbranched alkanes of at least 4 members (excludes halogenated alkanes) is 1. The van der Waals surface area contributed by atoms with Crippen LogP contribution in [-0.2, 0) is 0 Å². The molecule has 15 heavy (non-hydrogen) atoms. The molecule has 1 aromatic heterocycles. The first-order valence-corrected chi connectivity index (χ1v) is 6.22. The van der Waals surface area contributed by atoms with Crippen LogP contribution in [0.25, 0.3) is 10.2 Å². The van der Waals surface area contributed by atoms with Crippen LogP contribution in [0.1, 0.15) is 24.8 Å². The molecule has 0 aliphatic carbocycles. The van der Waals surface area contributed by atoms with Crippen LogP contribution in [0.3, 0.4) is 0 Å². The lowest BCUT2D eigenvalue weighted by atomic mass is 10.3. The molecule has 0 aliphatic rings. The van der Waals surface area contributed by atoms with Crippen molar-refractivity contribution >= 4 is 27.2 Å². The Labute approximate surface area is 94.3 Å². The summed E-state index contributed by atoms with van der Waals surface area (Å²) in [5, 5.41) is 4.56. The highest BCUT2D eigenvalue weighted by molar-refractivity contribution is 7.18. The van der Waals surface area contributed by atoms with Crippen molar-refractivity contribution in [2.24, 2.45) is 0 Å². The molecule has 1 N–H and O–H groups in total. The first-order chi connectivity index (χ1) is 7.29. The maximum Gasteiger partial charge on any atom is 0.0907 e. The van der Waals surface area contributed by atoms with Gasteiger partial charge in [-0.25, -0.2) is 4.98 Å². The molecule has 0 aliphatic heterocycles. The Morgan fingerprint density at radius 1 is 1.40 bits per heavy atom. The minimum Gasteiger partial charge on any atom is -0.385 e. The average molecular weight is 220 g/mol. The van der Waals surface area contributed by atoms with Gasteiger partial charge in [0.05, 0.1) is 15.2 Å². The second-order valence-electron chi connectivity index (χ2n) is 3.70. The van der Waals surface area contributed by atoms with E-state index in [4.69, 9.17) is 0 Å². The van der Waals surface area contributed by atoms with Gasteiger partial charge in [-0.1, -0.05) is 13.3 Å².